The van der Waals surface area contributed by atoms with E-state index in [1.165, 1.54) is 34.2 Å². The van der Waals surface area contributed by atoms with Crippen LogP contribution in [0.25, 0.3) is 11.3 Å². The molecule has 7 heteroatoms. The average Bonchev–Trinajstić information content (AvgIpc) is 3.30. The number of thiazole rings is 1. The predicted octanol–water partition coefficient (Wildman–Crippen LogP) is 6.66. The highest BCUT2D eigenvalue weighted by molar-refractivity contribution is 8.00. The summed E-state index contributed by atoms with van der Waals surface area (Å²) < 4.78 is 0. The Bertz CT molecular complexity index is 1220. The van der Waals surface area contributed by atoms with Gasteiger partial charge in [-0.15, -0.1) is 11.3 Å². The van der Waals surface area contributed by atoms with Crippen molar-refractivity contribution >= 4 is 34.1 Å². The van der Waals surface area contributed by atoms with Gasteiger partial charge in [0.05, 0.1) is 17.0 Å². The van der Waals surface area contributed by atoms with E-state index in [-0.39, 0.29) is 17.1 Å². The van der Waals surface area contributed by atoms with Gasteiger partial charge >= 0.3 is 0 Å². The van der Waals surface area contributed by atoms with Gasteiger partial charge in [0.1, 0.15) is 11.1 Å². The first-order chi connectivity index (χ1) is 16.3. The van der Waals surface area contributed by atoms with Crippen molar-refractivity contribution in [2.45, 2.75) is 58.4 Å². The third-order valence-corrected chi connectivity index (χ3v) is 8.68. The van der Waals surface area contributed by atoms with Crippen LogP contribution in [-0.2, 0) is 17.6 Å². The molecule has 1 unspecified atom stereocenters. The Balaban J connectivity index is 1.40. The number of hydrogen-bond acceptors (Lipinski definition) is 6. The summed E-state index contributed by atoms with van der Waals surface area (Å²) in [6.45, 7) is 8.95. The molecule has 0 saturated carbocycles. The van der Waals surface area contributed by atoms with E-state index in [9.17, 15) is 10.1 Å². The Morgan fingerprint density at radius 1 is 1.29 bits per heavy atom. The van der Waals surface area contributed by atoms with Crippen LogP contribution in [0.15, 0.2) is 40.7 Å². The number of aromatic nitrogens is 2. The van der Waals surface area contributed by atoms with Crippen molar-refractivity contribution in [2.75, 3.05) is 11.1 Å². The van der Waals surface area contributed by atoms with E-state index < -0.39 is 0 Å². The maximum absolute atomic E-state index is 12.6. The number of rotatable bonds is 7. The van der Waals surface area contributed by atoms with Crippen molar-refractivity contribution < 1.29 is 4.79 Å². The number of carbonyl (C=O) groups is 1. The van der Waals surface area contributed by atoms with Gasteiger partial charge in [0.15, 0.2) is 5.13 Å². The summed E-state index contributed by atoms with van der Waals surface area (Å²) in [5.41, 5.74) is 6.18. The Kier molecular flexibility index (Phi) is 7.39. The summed E-state index contributed by atoms with van der Waals surface area (Å²) in [7, 11) is 0. The minimum absolute atomic E-state index is 0.150. The maximum Gasteiger partial charge on any atom is 0.236 e. The quantitative estimate of drug-likeness (QED) is 0.375. The summed E-state index contributed by atoms with van der Waals surface area (Å²) in [5.74, 6) is 0.638. The first kappa shape index (κ1) is 24.4. The molecule has 34 heavy (non-hydrogen) atoms. The number of nitrogens with one attached hydrogen (secondary N) is 1. The summed E-state index contributed by atoms with van der Waals surface area (Å²) in [5, 5.41) is 15.7. The minimum atomic E-state index is -0.150. The molecule has 1 atom stereocenters. The van der Waals surface area contributed by atoms with Crippen molar-refractivity contribution in [1.29, 1.82) is 5.26 Å². The van der Waals surface area contributed by atoms with Gasteiger partial charge < -0.3 is 5.32 Å². The van der Waals surface area contributed by atoms with Crippen LogP contribution in [0.1, 0.15) is 56.0 Å². The third kappa shape index (κ3) is 5.51. The molecule has 1 N–H and O–H groups in total. The van der Waals surface area contributed by atoms with Crippen LogP contribution in [0, 0.1) is 29.6 Å². The number of pyridine rings is 1. The van der Waals surface area contributed by atoms with Gasteiger partial charge in [-0.1, -0.05) is 68.8 Å². The number of nitriles is 1. The molecule has 176 valence electrons. The van der Waals surface area contributed by atoms with Crippen molar-refractivity contribution in [2.24, 2.45) is 11.3 Å². The molecule has 1 amide bonds. The van der Waals surface area contributed by atoms with E-state index in [1.54, 1.807) is 0 Å². The molecule has 0 radical (unpaired) electrons. The standard InChI is InChI=1S/C27H30N4OS2/c1-5-27(3,4)21-10-11-22-19(13-21)12-20(14-28)25(29-22)33-16-24(32)31-26-30-23(15-34-26)18-8-6-17(2)7-9-18/h6-9,12,15,21H,5,10-11,13,16H2,1-4H3,(H,30,31,32). The molecule has 2 aromatic heterocycles. The molecule has 0 bridgehead atoms. The van der Waals surface area contributed by atoms with Crippen molar-refractivity contribution in [1.82, 2.24) is 9.97 Å². The number of benzene rings is 1. The highest BCUT2D eigenvalue weighted by Crippen LogP contribution is 2.40. The topological polar surface area (TPSA) is 78.7 Å². The Morgan fingerprint density at radius 3 is 2.76 bits per heavy atom. The smallest absolute Gasteiger partial charge is 0.236 e. The fourth-order valence-electron chi connectivity index (χ4n) is 4.27. The Labute approximate surface area is 210 Å². The van der Waals surface area contributed by atoms with Gasteiger partial charge in [-0.25, -0.2) is 9.97 Å². The number of hydrogen-bond donors (Lipinski definition) is 1. The SMILES string of the molecule is CCC(C)(C)C1CCc2nc(SCC(=O)Nc3nc(-c4ccc(C)cc4)cs3)c(C#N)cc2C1. The number of aryl methyl sites for hydroxylation is 2. The van der Waals surface area contributed by atoms with Crippen LogP contribution in [-0.4, -0.2) is 21.6 Å². The molecule has 0 fully saturated rings. The fraction of sp³-hybridized carbons (Fsp3) is 0.407. The lowest BCUT2D eigenvalue weighted by Gasteiger charge is -2.37. The van der Waals surface area contributed by atoms with Crippen molar-refractivity contribution in [3.63, 3.8) is 0 Å². The first-order valence-electron chi connectivity index (χ1n) is 11.7. The fourth-order valence-corrected chi connectivity index (χ4v) is 5.78. The maximum atomic E-state index is 12.6. The third-order valence-electron chi connectivity index (χ3n) is 6.93. The molecule has 1 aliphatic rings. The van der Waals surface area contributed by atoms with Crippen LogP contribution < -0.4 is 5.32 Å². The van der Waals surface area contributed by atoms with E-state index in [0.717, 1.165) is 42.6 Å². The lowest BCUT2D eigenvalue weighted by Crippen LogP contribution is -2.29. The van der Waals surface area contributed by atoms with E-state index in [1.807, 2.05) is 42.6 Å². The lowest BCUT2D eigenvalue weighted by atomic mass is 9.69. The number of carbonyl (C=O) groups excluding carboxylic acids is 1. The second-order valence-corrected chi connectivity index (χ2v) is 11.4. The molecule has 0 spiro atoms. The summed E-state index contributed by atoms with van der Waals surface area (Å²) >= 11 is 2.73. The number of thioether (sulfide) groups is 1. The molecular formula is C27H30N4OS2. The monoisotopic (exact) mass is 490 g/mol. The normalized spacial score (nSPS) is 15.4. The molecule has 1 aliphatic carbocycles. The van der Waals surface area contributed by atoms with Crippen molar-refractivity contribution in [3.8, 4) is 17.3 Å². The lowest BCUT2D eigenvalue weighted by molar-refractivity contribution is -0.113. The highest BCUT2D eigenvalue weighted by atomic mass is 32.2. The molecule has 3 aromatic rings. The second-order valence-electron chi connectivity index (χ2n) is 9.58. The van der Waals surface area contributed by atoms with Gasteiger partial charge in [-0.3, -0.25) is 4.79 Å². The first-order valence-corrected chi connectivity index (χ1v) is 13.5. The number of anilines is 1. The summed E-state index contributed by atoms with van der Waals surface area (Å²) in [6, 6.07) is 12.4. The van der Waals surface area contributed by atoms with Gasteiger partial charge in [-0.05, 0) is 49.1 Å². The van der Waals surface area contributed by atoms with Crippen LogP contribution in [0.3, 0.4) is 0 Å². The highest BCUT2D eigenvalue weighted by Gasteiger charge is 2.32. The van der Waals surface area contributed by atoms with E-state index in [4.69, 9.17) is 4.98 Å². The molecule has 5 nitrogen and oxygen atoms in total. The van der Waals surface area contributed by atoms with Gasteiger partial charge in [0, 0.05) is 16.6 Å². The summed E-state index contributed by atoms with van der Waals surface area (Å²) in [4.78, 5) is 21.9. The van der Waals surface area contributed by atoms with E-state index in [0.29, 0.717) is 21.6 Å². The van der Waals surface area contributed by atoms with Gasteiger partial charge in [-0.2, -0.15) is 5.26 Å². The van der Waals surface area contributed by atoms with Crippen LogP contribution in [0.5, 0.6) is 0 Å². The van der Waals surface area contributed by atoms with Gasteiger partial charge in [0.2, 0.25) is 5.91 Å². The molecule has 4 rings (SSSR count). The van der Waals surface area contributed by atoms with E-state index >= 15 is 0 Å². The predicted molar refractivity (Wildman–Crippen MR) is 140 cm³/mol. The molecule has 2 heterocycles. The van der Waals surface area contributed by atoms with Gasteiger partial charge in [0.25, 0.3) is 0 Å². The zero-order valence-electron chi connectivity index (χ0n) is 20.1. The average molecular weight is 491 g/mol. The second kappa shape index (κ2) is 10.3. The largest absolute Gasteiger partial charge is 0.301 e. The van der Waals surface area contributed by atoms with Crippen molar-refractivity contribution in [3.05, 3.63) is 58.1 Å². The van der Waals surface area contributed by atoms with Crippen LogP contribution >= 0.6 is 23.1 Å². The zero-order valence-corrected chi connectivity index (χ0v) is 21.8. The van der Waals surface area contributed by atoms with E-state index in [2.05, 4.69) is 37.1 Å². The molecule has 0 aliphatic heterocycles. The molecule has 0 saturated heterocycles. The van der Waals surface area contributed by atoms with Crippen LogP contribution in [0.4, 0.5) is 5.13 Å². The summed E-state index contributed by atoms with van der Waals surface area (Å²) in [6.07, 6.45) is 4.15. The molecule has 1 aromatic carbocycles. The number of fused-ring (bicyclic) bond motifs is 1. The number of amides is 1. The minimum Gasteiger partial charge on any atom is -0.301 e. The number of nitrogens with zero attached hydrogens (tertiary/aromatic N) is 3. The Morgan fingerprint density at radius 2 is 2.06 bits per heavy atom. The zero-order chi connectivity index (χ0) is 24.3. The van der Waals surface area contributed by atoms with Crippen LogP contribution in [0.2, 0.25) is 0 Å². The Hall–Kier alpha value is -2.69. The molecular weight excluding hydrogens is 460 g/mol.